The minimum absolute atomic E-state index is 0.0490. The van der Waals surface area contributed by atoms with Gasteiger partial charge in [-0.3, -0.25) is 9.88 Å². The molecule has 1 aliphatic heterocycles. The zero-order valence-electron chi connectivity index (χ0n) is 16.4. The van der Waals surface area contributed by atoms with Crippen LogP contribution in [0.5, 0.6) is 0 Å². The molecule has 15 heteroatoms. The topological polar surface area (TPSA) is 212 Å². The number of carboxylic acid groups (broad SMARTS) is 1. The molecule has 7 N–H and O–H groups in total. The molecule has 1 saturated heterocycles. The summed E-state index contributed by atoms with van der Waals surface area (Å²) in [6, 6.07) is -2.49. The average molecular weight is 458 g/mol. The molecule has 0 aromatic carbocycles. The molecule has 2 unspecified atom stereocenters. The molecule has 31 heavy (non-hydrogen) atoms. The second-order valence-corrected chi connectivity index (χ2v) is 7.54. The zero-order valence-corrected chi connectivity index (χ0v) is 17.2. The largest absolute Gasteiger partial charge is 0.480 e. The highest BCUT2D eigenvalue weighted by Gasteiger charge is 2.44. The SMILES string of the molecule is CSc1nc(NC(=O)N[C@H](C(=O)O)[C@@H](C)O)c2ncn([C@@H]3O[C@H](CO)C(O)C3O)c2n1. The first-order valence-corrected chi connectivity index (χ1v) is 10.3. The molecule has 3 heterocycles. The molecule has 170 valence electrons. The molecule has 3 rings (SSSR count). The summed E-state index contributed by atoms with van der Waals surface area (Å²) in [5, 5.41) is 53.0. The molecular weight excluding hydrogens is 436 g/mol. The van der Waals surface area contributed by atoms with Crippen molar-refractivity contribution in [2.45, 2.75) is 48.8 Å². The normalized spacial score (nSPS) is 25.4. The first kappa shape index (κ1) is 23.1. The van der Waals surface area contributed by atoms with E-state index in [-0.39, 0.29) is 22.1 Å². The number of carbonyl (C=O) groups excluding carboxylic acids is 1. The molecule has 0 radical (unpaired) electrons. The van der Waals surface area contributed by atoms with Crippen LogP contribution in [0, 0.1) is 0 Å². The van der Waals surface area contributed by atoms with E-state index in [1.54, 1.807) is 6.26 Å². The second-order valence-electron chi connectivity index (χ2n) is 6.77. The van der Waals surface area contributed by atoms with Crippen LogP contribution >= 0.6 is 11.8 Å². The average Bonchev–Trinajstić information content (AvgIpc) is 3.26. The third-order valence-electron chi connectivity index (χ3n) is 4.64. The molecule has 2 aromatic rings. The summed E-state index contributed by atoms with van der Waals surface area (Å²) in [5.41, 5.74) is 0.268. The number of hydrogen-bond donors (Lipinski definition) is 7. The maximum Gasteiger partial charge on any atom is 0.328 e. The van der Waals surface area contributed by atoms with Crippen molar-refractivity contribution in [2.75, 3.05) is 18.2 Å². The maximum absolute atomic E-state index is 12.3. The number of aromatic nitrogens is 4. The lowest BCUT2D eigenvalue weighted by Gasteiger charge is -2.18. The van der Waals surface area contributed by atoms with Crippen LogP contribution in [0.25, 0.3) is 11.2 Å². The van der Waals surface area contributed by atoms with E-state index < -0.39 is 55.3 Å². The fourth-order valence-electron chi connectivity index (χ4n) is 3.04. The number of amides is 2. The van der Waals surface area contributed by atoms with Crippen LogP contribution in [-0.4, -0.2) is 100 Å². The summed E-state index contributed by atoms with van der Waals surface area (Å²) in [6.45, 7) is 0.712. The number of urea groups is 1. The van der Waals surface area contributed by atoms with E-state index >= 15 is 0 Å². The number of hydrogen-bond acceptors (Lipinski definition) is 11. The third-order valence-corrected chi connectivity index (χ3v) is 5.19. The highest BCUT2D eigenvalue weighted by molar-refractivity contribution is 7.98. The van der Waals surface area contributed by atoms with Crippen LogP contribution in [0.3, 0.4) is 0 Å². The number of imidazole rings is 1. The van der Waals surface area contributed by atoms with Gasteiger partial charge >= 0.3 is 12.0 Å². The number of carboxylic acids is 1. The van der Waals surface area contributed by atoms with Crippen molar-refractivity contribution in [3.63, 3.8) is 0 Å². The molecule has 14 nitrogen and oxygen atoms in total. The molecule has 2 aromatic heterocycles. The molecule has 1 fully saturated rings. The maximum atomic E-state index is 12.3. The highest BCUT2D eigenvalue weighted by Crippen LogP contribution is 2.33. The van der Waals surface area contributed by atoms with E-state index in [9.17, 15) is 30.0 Å². The number of aliphatic hydroxyl groups is 4. The van der Waals surface area contributed by atoms with Crippen LogP contribution in [0.15, 0.2) is 11.5 Å². The standard InChI is InChI=1S/C16H22N6O8S/c1-5(24)7(14(27)28)18-15(29)19-11-8-12(21-16(20-11)31-2)22(4-17-8)13-10(26)9(25)6(3-23)30-13/h4-7,9-10,13,23-26H,3H2,1-2H3,(H,27,28)(H2,18,19,20,21,29)/t5-,6-,7+,9?,10?,13-/m1/s1. The third kappa shape index (κ3) is 4.56. The van der Waals surface area contributed by atoms with Crippen molar-refractivity contribution in [3.8, 4) is 0 Å². The van der Waals surface area contributed by atoms with Gasteiger partial charge in [-0.1, -0.05) is 11.8 Å². The Labute approximate surface area is 179 Å². The van der Waals surface area contributed by atoms with Gasteiger partial charge in [0.15, 0.2) is 34.4 Å². The Balaban J connectivity index is 1.93. The minimum Gasteiger partial charge on any atom is -0.480 e. The molecule has 0 saturated carbocycles. The lowest BCUT2D eigenvalue weighted by Crippen LogP contribution is -2.49. The van der Waals surface area contributed by atoms with Gasteiger partial charge in [0.25, 0.3) is 0 Å². The number of carbonyl (C=O) groups is 2. The Hall–Kier alpha value is -2.56. The fraction of sp³-hybridized carbons (Fsp3) is 0.562. The quantitative estimate of drug-likeness (QED) is 0.179. The number of nitrogens with zero attached hydrogens (tertiary/aromatic N) is 4. The van der Waals surface area contributed by atoms with Gasteiger partial charge in [-0.15, -0.1) is 0 Å². The Morgan fingerprint density at radius 3 is 2.58 bits per heavy atom. The summed E-state index contributed by atoms with van der Waals surface area (Å²) in [6.07, 6.45) is -3.20. The predicted molar refractivity (Wildman–Crippen MR) is 105 cm³/mol. The molecule has 0 bridgehead atoms. The van der Waals surface area contributed by atoms with Crippen molar-refractivity contribution >= 4 is 40.7 Å². The summed E-state index contributed by atoms with van der Waals surface area (Å²) >= 11 is 1.15. The van der Waals surface area contributed by atoms with Gasteiger partial charge in [-0.05, 0) is 13.2 Å². The van der Waals surface area contributed by atoms with Crippen LogP contribution < -0.4 is 10.6 Å². The lowest BCUT2D eigenvalue weighted by molar-refractivity contribution is -0.141. The van der Waals surface area contributed by atoms with Crippen molar-refractivity contribution in [1.29, 1.82) is 0 Å². The Kier molecular flexibility index (Phi) is 6.93. The van der Waals surface area contributed by atoms with Gasteiger partial charge in [0.1, 0.15) is 18.3 Å². The number of fused-ring (bicyclic) bond motifs is 1. The van der Waals surface area contributed by atoms with E-state index in [1.807, 2.05) is 0 Å². The van der Waals surface area contributed by atoms with Crippen molar-refractivity contribution in [1.82, 2.24) is 24.8 Å². The van der Waals surface area contributed by atoms with E-state index in [4.69, 9.17) is 9.84 Å². The number of ether oxygens (including phenoxy) is 1. The molecule has 6 atom stereocenters. The Morgan fingerprint density at radius 2 is 2.03 bits per heavy atom. The lowest BCUT2D eigenvalue weighted by atomic mass is 10.1. The van der Waals surface area contributed by atoms with E-state index in [0.29, 0.717) is 0 Å². The predicted octanol–water partition coefficient (Wildman–Crippen LogP) is -1.88. The van der Waals surface area contributed by atoms with Crippen LogP contribution in [0.2, 0.25) is 0 Å². The Bertz CT molecular complexity index is 971. The first-order valence-electron chi connectivity index (χ1n) is 9.07. The number of rotatable bonds is 7. The van der Waals surface area contributed by atoms with Gasteiger partial charge in [0, 0.05) is 0 Å². The zero-order chi connectivity index (χ0) is 22.9. The molecule has 0 aliphatic carbocycles. The highest BCUT2D eigenvalue weighted by atomic mass is 32.2. The summed E-state index contributed by atoms with van der Waals surface area (Å²) in [5.74, 6) is -1.47. The Morgan fingerprint density at radius 1 is 1.32 bits per heavy atom. The fourth-order valence-corrected chi connectivity index (χ4v) is 3.40. The van der Waals surface area contributed by atoms with Gasteiger partial charge in [-0.2, -0.15) is 0 Å². The summed E-state index contributed by atoms with van der Waals surface area (Å²) in [4.78, 5) is 36.1. The molecule has 2 amide bonds. The molecular formula is C16H22N6O8S. The number of anilines is 1. The van der Waals surface area contributed by atoms with Crippen LogP contribution in [-0.2, 0) is 9.53 Å². The molecule has 0 spiro atoms. The van der Waals surface area contributed by atoms with Crippen molar-refractivity contribution in [2.24, 2.45) is 0 Å². The number of aliphatic hydroxyl groups excluding tert-OH is 4. The summed E-state index contributed by atoms with van der Waals surface area (Å²) < 4.78 is 6.83. The van der Waals surface area contributed by atoms with Crippen molar-refractivity contribution < 1.29 is 39.9 Å². The van der Waals surface area contributed by atoms with E-state index in [2.05, 4.69) is 25.6 Å². The second kappa shape index (κ2) is 9.29. The summed E-state index contributed by atoms with van der Waals surface area (Å²) in [7, 11) is 0. The minimum atomic E-state index is -1.55. The first-order chi connectivity index (χ1) is 14.7. The van der Waals surface area contributed by atoms with E-state index in [0.717, 1.165) is 11.8 Å². The van der Waals surface area contributed by atoms with E-state index in [1.165, 1.54) is 17.8 Å². The number of nitrogens with one attached hydrogen (secondary N) is 2. The number of thioether (sulfide) groups is 1. The van der Waals surface area contributed by atoms with Crippen LogP contribution in [0.4, 0.5) is 10.6 Å². The number of aliphatic carboxylic acids is 1. The molecule has 1 aliphatic rings. The van der Waals surface area contributed by atoms with Gasteiger partial charge in [-0.25, -0.2) is 24.5 Å². The smallest absolute Gasteiger partial charge is 0.328 e. The van der Waals surface area contributed by atoms with Crippen LogP contribution in [0.1, 0.15) is 13.2 Å². The van der Waals surface area contributed by atoms with Crippen molar-refractivity contribution in [3.05, 3.63) is 6.33 Å². The van der Waals surface area contributed by atoms with Gasteiger partial charge in [0.05, 0.1) is 19.0 Å². The monoisotopic (exact) mass is 458 g/mol. The van der Waals surface area contributed by atoms with Gasteiger partial charge in [0.2, 0.25) is 0 Å². The van der Waals surface area contributed by atoms with Gasteiger partial charge < -0.3 is 35.6 Å².